The van der Waals surface area contributed by atoms with E-state index >= 15 is 0 Å². The Hall–Kier alpha value is -0.770. The normalized spacial score (nSPS) is 23.4. The van der Waals surface area contributed by atoms with E-state index in [1.807, 2.05) is 20.8 Å². The largest absolute Gasteiger partial charge is 0.444 e. The van der Waals surface area contributed by atoms with Gasteiger partial charge in [-0.1, -0.05) is 0 Å². The van der Waals surface area contributed by atoms with Crippen LogP contribution in [0.4, 0.5) is 4.79 Å². The third-order valence-electron chi connectivity index (χ3n) is 1.94. The van der Waals surface area contributed by atoms with Crippen molar-refractivity contribution in [1.82, 2.24) is 4.90 Å². The van der Waals surface area contributed by atoms with Crippen LogP contribution in [0, 0.1) is 0 Å². The molecule has 0 aromatic carbocycles. The zero-order valence-electron chi connectivity index (χ0n) is 8.67. The van der Waals surface area contributed by atoms with Crippen LogP contribution in [0.25, 0.3) is 0 Å². The summed E-state index contributed by atoms with van der Waals surface area (Å²) in [5.41, 5.74) is 3.52. The van der Waals surface area contributed by atoms with Crippen molar-refractivity contribution in [3.05, 3.63) is 0 Å². The summed E-state index contributed by atoms with van der Waals surface area (Å²) >= 11 is 0. The van der Waals surface area contributed by atoms with Gasteiger partial charge in [-0.2, -0.15) is 0 Å². The molecule has 1 amide bonds. The maximum absolute atomic E-state index is 11.5. The molecular formula is C9H19N2O2+. The predicted molar refractivity (Wildman–Crippen MR) is 49.1 cm³/mol. The van der Waals surface area contributed by atoms with Crippen molar-refractivity contribution in [1.29, 1.82) is 0 Å². The van der Waals surface area contributed by atoms with Gasteiger partial charge in [-0.25, -0.2) is 4.79 Å². The average molecular weight is 187 g/mol. The Morgan fingerprint density at radius 1 is 1.54 bits per heavy atom. The predicted octanol–water partition coefficient (Wildman–Crippen LogP) is 0.238. The number of quaternary nitrogens is 1. The summed E-state index contributed by atoms with van der Waals surface area (Å²) in [4.78, 5) is 13.2. The van der Waals surface area contributed by atoms with Gasteiger partial charge in [0.05, 0.1) is 6.54 Å². The first-order valence-electron chi connectivity index (χ1n) is 4.69. The SMILES string of the molecule is CC(C)(C)OC(=O)N1CC[C@@H]([NH3+])C1. The van der Waals surface area contributed by atoms with E-state index in [-0.39, 0.29) is 6.09 Å². The van der Waals surface area contributed by atoms with Gasteiger partial charge in [-0.3, -0.25) is 0 Å². The summed E-state index contributed by atoms with van der Waals surface area (Å²) in [6.07, 6.45) is 0.776. The third-order valence-corrected chi connectivity index (χ3v) is 1.94. The molecule has 0 radical (unpaired) electrons. The molecular weight excluding hydrogens is 168 g/mol. The smallest absolute Gasteiger partial charge is 0.410 e. The highest BCUT2D eigenvalue weighted by atomic mass is 16.6. The second-order valence-electron chi connectivity index (χ2n) is 4.58. The minimum atomic E-state index is -0.393. The van der Waals surface area contributed by atoms with E-state index < -0.39 is 5.60 Å². The molecule has 13 heavy (non-hydrogen) atoms. The lowest BCUT2D eigenvalue weighted by Crippen LogP contribution is -2.62. The number of nitrogens with zero attached hydrogens (tertiary/aromatic N) is 1. The lowest BCUT2D eigenvalue weighted by atomic mass is 10.2. The highest BCUT2D eigenvalue weighted by Gasteiger charge is 2.29. The fraction of sp³-hybridized carbons (Fsp3) is 0.889. The first-order valence-corrected chi connectivity index (χ1v) is 4.69. The van der Waals surface area contributed by atoms with E-state index in [1.54, 1.807) is 4.90 Å². The summed E-state index contributed by atoms with van der Waals surface area (Å²) < 4.78 is 5.23. The highest BCUT2D eigenvalue weighted by Crippen LogP contribution is 2.13. The highest BCUT2D eigenvalue weighted by molar-refractivity contribution is 5.68. The van der Waals surface area contributed by atoms with Crippen LogP contribution < -0.4 is 5.73 Å². The van der Waals surface area contributed by atoms with E-state index in [0.29, 0.717) is 6.04 Å². The maximum atomic E-state index is 11.5. The van der Waals surface area contributed by atoms with Crippen LogP contribution in [0.2, 0.25) is 0 Å². The Morgan fingerprint density at radius 3 is 2.54 bits per heavy atom. The van der Waals surface area contributed by atoms with Crippen LogP contribution in [0.15, 0.2) is 0 Å². The van der Waals surface area contributed by atoms with Gasteiger partial charge in [0.2, 0.25) is 0 Å². The van der Waals surface area contributed by atoms with Crippen LogP contribution in [-0.4, -0.2) is 35.7 Å². The molecule has 1 rings (SSSR count). The van der Waals surface area contributed by atoms with Crippen molar-refractivity contribution in [3.63, 3.8) is 0 Å². The van der Waals surface area contributed by atoms with Crippen molar-refractivity contribution >= 4 is 6.09 Å². The monoisotopic (exact) mass is 187 g/mol. The number of carbonyl (C=O) groups excluding carboxylic acids is 1. The van der Waals surface area contributed by atoms with E-state index in [4.69, 9.17) is 4.74 Å². The van der Waals surface area contributed by atoms with E-state index in [1.165, 1.54) is 0 Å². The molecule has 0 aliphatic carbocycles. The molecule has 4 heteroatoms. The van der Waals surface area contributed by atoms with Crippen molar-refractivity contribution in [2.24, 2.45) is 0 Å². The summed E-state index contributed by atoms with van der Waals surface area (Å²) in [5.74, 6) is 0. The van der Waals surface area contributed by atoms with Crippen molar-refractivity contribution in [2.45, 2.75) is 38.8 Å². The summed E-state index contributed by atoms with van der Waals surface area (Å²) in [7, 11) is 0. The zero-order chi connectivity index (χ0) is 10.1. The van der Waals surface area contributed by atoms with Crippen LogP contribution in [0.3, 0.4) is 0 Å². The molecule has 0 aromatic rings. The third kappa shape index (κ3) is 3.22. The second-order valence-corrected chi connectivity index (χ2v) is 4.58. The molecule has 76 valence electrons. The standard InChI is InChI=1S/C9H18N2O2/c1-9(2,3)13-8(12)11-5-4-7(10)6-11/h7H,4-6,10H2,1-3H3/p+1/t7-/m1/s1. The van der Waals surface area contributed by atoms with Gasteiger partial charge in [0.1, 0.15) is 11.6 Å². The summed E-state index contributed by atoms with van der Waals surface area (Å²) in [5, 5.41) is 0. The fourth-order valence-corrected chi connectivity index (χ4v) is 1.32. The lowest BCUT2D eigenvalue weighted by Gasteiger charge is -2.23. The molecule has 0 aromatic heterocycles. The Kier molecular flexibility index (Phi) is 2.81. The van der Waals surface area contributed by atoms with E-state index in [2.05, 4.69) is 5.73 Å². The molecule has 1 heterocycles. The van der Waals surface area contributed by atoms with Gasteiger partial charge in [0.15, 0.2) is 0 Å². The number of likely N-dealkylation sites (tertiary alicyclic amines) is 1. The molecule has 1 atom stereocenters. The molecule has 4 nitrogen and oxygen atoms in total. The number of amides is 1. The second kappa shape index (κ2) is 3.54. The zero-order valence-corrected chi connectivity index (χ0v) is 8.67. The number of ether oxygens (including phenoxy) is 1. The van der Waals surface area contributed by atoms with Crippen molar-refractivity contribution in [3.8, 4) is 0 Å². The Balaban J connectivity index is 2.41. The van der Waals surface area contributed by atoms with Gasteiger partial charge in [-0.15, -0.1) is 0 Å². The molecule has 0 spiro atoms. The van der Waals surface area contributed by atoms with Crippen LogP contribution in [0.5, 0.6) is 0 Å². The molecule has 0 bridgehead atoms. The number of hydrogen-bond donors (Lipinski definition) is 1. The molecule has 3 N–H and O–H groups in total. The molecule has 1 aliphatic rings. The van der Waals surface area contributed by atoms with Crippen LogP contribution in [-0.2, 0) is 4.74 Å². The molecule has 1 saturated heterocycles. The molecule has 1 fully saturated rings. The number of rotatable bonds is 0. The van der Waals surface area contributed by atoms with Crippen molar-refractivity contribution < 1.29 is 15.3 Å². The minimum Gasteiger partial charge on any atom is -0.444 e. The summed E-state index contributed by atoms with van der Waals surface area (Å²) in [6, 6.07) is 0.368. The van der Waals surface area contributed by atoms with Gasteiger partial charge >= 0.3 is 6.09 Å². The molecule has 0 unspecified atom stereocenters. The van der Waals surface area contributed by atoms with Crippen molar-refractivity contribution in [2.75, 3.05) is 13.1 Å². The minimum absolute atomic E-state index is 0.210. The van der Waals surface area contributed by atoms with Gasteiger partial charge < -0.3 is 15.4 Å². The first kappa shape index (κ1) is 10.3. The summed E-state index contributed by atoms with van der Waals surface area (Å²) in [6.45, 7) is 7.14. The first-order chi connectivity index (χ1) is 5.88. The quantitative estimate of drug-likeness (QED) is 0.590. The van der Waals surface area contributed by atoms with E-state index in [0.717, 1.165) is 19.5 Å². The Labute approximate surface area is 79.0 Å². The molecule has 0 saturated carbocycles. The van der Waals surface area contributed by atoms with E-state index in [9.17, 15) is 4.79 Å². The Morgan fingerprint density at radius 2 is 2.15 bits per heavy atom. The van der Waals surface area contributed by atoms with Gasteiger partial charge in [-0.05, 0) is 20.8 Å². The maximum Gasteiger partial charge on any atom is 0.410 e. The fourth-order valence-electron chi connectivity index (χ4n) is 1.32. The number of carbonyl (C=O) groups is 1. The van der Waals surface area contributed by atoms with Gasteiger partial charge in [0.25, 0.3) is 0 Å². The topological polar surface area (TPSA) is 57.2 Å². The number of hydrogen-bond acceptors (Lipinski definition) is 2. The van der Waals surface area contributed by atoms with Crippen LogP contribution >= 0.6 is 0 Å². The van der Waals surface area contributed by atoms with Crippen LogP contribution in [0.1, 0.15) is 27.2 Å². The Bertz CT molecular complexity index is 198. The molecule has 1 aliphatic heterocycles. The lowest BCUT2D eigenvalue weighted by molar-refractivity contribution is -0.413. The van der Waals surface area contributed by atoms with Gasteiger partial charge in [0, 0.05) is 13.0 Å². The average Bonchev–Trinajstić information content (AvgIpc) is 2.31.